The maximum atomic E-state index is 12.8. The van der Waals surface area contributed by atoms with E-state index in [1.807, 2.05) is 30.3 Å². The number of carbonyl (C=O) groups excluding carboxylic acids is 2. The zero-order valence-corrected chi connectivity index (χ0v) is 17.1. The van der Waals surface area contributed by atoms with Gasteiger partial charge in [0.15, 0.2) is 0 Å². The molecule has 1 heterocycles. The number of anilines is 1. The predicted molar refractivity (Wildman–Crippen MR) is 112 cm³/mol. The third kappa shape index (κ3) is 5.46. The molecule has 0 saturated carbocycles. The van der Waals surface area contributed by atoms with Gasteiger partial charge >= 0.3 is 6.09 Å². The zero-order valence-electron chi connectivity index (χ0n) is 16.3. The summed E-state index contributed by atoms with van der Waals surface area (Å²) in [5, 5.41) is 5.28. The molecule has 1 aliphatic heterocycles. The number of ether oxygens (including phenoxy) is 1. The zero-order chi connectivity index (χ0) is 21.6. The topological polar surface area (TPSA) is 105 Å². The van der Waals surface area contributed by atoms with E-state index in [0.29, 0.717) is 18.7 Å². The van der Waals surface area contributed by atoms with Crippen molar-refractivity contribution < 1.29 is 22.7 Å². The van der Waals surface area contributed by atoms with Crippen LogP contribution in [0.4, 0.5) is 10.5 Å². The van der Waals surface area contributed by atoms with Gasteiger partial charge < -0.3 is 15.4 Å². The Balaban J connectivity index is 1.53. The Morgan fingerprint density at radius 3 is 2.50 bits per heavy atom. The third-order valence-corrected chi connectivity index (χ3v) is 6.51. The van der Waals surface area contributed by atoms with E-state index < -0.39 is 16.1 Å². The molecule has 1 fully saturated rings. The summed E-state index contributed by atoms with van der Waals surface area (Å²) < 4.78 is 32.2. The molecule has 2 aromatic carbocycles. The molecule has 0 spiro atoms. The number of sulfonamides is 1. The van der Waals surface area contributed by atoms with E-state index >= 15 is 0 Å². The van der Waals surface area contributed by atoms with Gasteiger partial charge in [0.1, 0.15) is 6.61 Å². The minimum atomic E-state index is -3.71. The second kappa shape index (κ2) is 9.55. The van der Waals surface area contributed by atoms with Crippen molar-refractivity contribution in [1.82, 2.24) is 9.62 Å². The number of nitrogens with one attached hydrogen (secondary N) is 2. The van der Waals surface area contributed by atoms with Crippen LogP contribution in [0.3, 0.4) is 0 Å². The molecule has 2 aromatic rings. The quantitative estimate of drug-likeness (QED) is 0.658. The van der Waals surface area contributed by atoms with E-state index in [9.17, 15) is 18.0 Å². The molecule has 2 amide bonds. The molecule has 1 aliphatic rings. The molecule has 2 N–H and O–H groups in total. The monoisotopic (exact) mass is 429 g/mol. The van der Waals surface area contributed by atoms with Crippen LogP contribution in [0.2, 0.25) is 0 Å². The summed E-state index contributed by atoms with van der Waals surface area (Å²) in [7, 11) is -3.71. The van der Waals surface area contributed by atoms with Gasteiger partial charge in [0.05, 0.1) is 4.90 Å². The molecule has 1 saturated heterocycles. The van der Waals surface area contributed by atoms with Crippen molar-refractivity contribution in [2.75, 3.05) is 18.4 Å². The molecule has 0 bridgehead atoms. The van der Waals surface area contributed by atoms with Crippen molar-refractivity contribution in [2.45, 2.75) is 24.0 Å². The highest BCUT2D eigenvalue weighted by molar-refractivity contribution is 7.89. The van der Waals surface area contributed by atoms with Gasteiger partial charge in [0, 0.05) is 24.8 Å². The van der Waals surface area contributed by atoms with Gasteiger partial charge in [-0.05, 0) is 42.3 Å². The standard InChI is InChI=1S/C21H23N3O5S/c1-2-20(25)22-17-8-10-19(11-9-17)30(27,28)24-13-12-18(14-24)23-21(26)29-15-16-6-4-3-5-7-16/h2-11,18H,1,12-15H2,(H,22,25)(H,23,26). The number of alkyl carbamates (subject to hydrolysis) is 1. The summed E-state index contributed by atoms with van der Waals surface area (Å²) in [5.41, 5.74) is 1.34. The summed E-state index contributed by atoms with van der Waals surface area (Å²) in [6, 6.07) is 14.9. The third-order valence-electron chi connectivity index (χ3n) is 4.63. The Morgan fingerprint density at radius 1 is 1.13 bits per heavy atom. The highest BCUT2D eigenvalue weighted by Gasteiger charge is 2.33. The second-order valence-electron chi connectivity index (χ2n) is 6.77. The van der Waals surface area contributed by atoms with E-state index in [4.69, 9.17) is 4.74 Å². The highest BCUT2D eigenvalue weighted by Crippen LogP contribution is 2.22. The van der Waals surface area contributed by atoms with Gasteiger partial charge in [-0.15, -0.1) is 0 Å². The molecule has 0 aliphatic carbocycles. The Hall–Kier alpha value is -3.17. The van der Waals surface area contributed by atoms with Gasteiger partial charge in [-0.3, -0.25) is 4.79 Å². The Bertz CT molecular complexity index is 1010. The summed E-state index contributed by atoms with van der Waals surface area (Å²) in [5.74, 6) is -0.377. The summed E-state index contributed by atoms with van der Waals surface area (Å²) in [4.78, 5) is 23.4. The maximum Gasteiger partial charge on any atom is 0.407 e. The lowest BCUT2D eigenvalue weighted by molar-refractivity contribution is -0.111. The maximum absolute atomic E-state index is 12.8. The fourth-order valence-corrected chi connectivity index (χ4v) is 4.55. The van der Waals surface area contributed by atoms with Crippen LogP contribution in [0.5, 0.6) is 0 Å². The first-order valence-electron chi connectivity index (χ1n) is 9.39. The number of hydrogen-bond donors (Lipinski definition) is 2. The van der Waals surface area contributed by atoms with Crippen LogP contribution in [0, 0.1) is 0 Å². The van der Waals surface area contributed by atoms with E-state index in [2.05, 4.69) is 17.2 Å². The molecule has 0 radical (unpaired) electrons. The Morgan fingerprint density at radius 2 is 1.83 bits per heavy atom. The average Bonchev–Trinajstić information content (AvgIpc) is 3.22. The number of nitrogens with zero attached hydrogens (tertiary/aromatic N) is 1. The van der Waals surface area contributed by atoms with Gasteiger partial charge in [-0.1, -0.05) is 36.9 Å². The van der Waals surface area contributed by atoms with Crippen LogP contribution in [0.25, 0.3) is 0 Å². The second-order valence-corrected chi connectivity index (χ2v) is 8.71. The first kappa shape index (κ1) is 21.5. The lowest BCUT2D eigenvalue weighted by Crippen LogP contribution is -2.38. The van der Waals surface area contributed by atoms with Gasteiger partial charge in [-0.2, -0.15) is 4.31 Å². The summed E-state index contributed by atoms with van der Waals surface area (Å²) in [6.07, 6.45) is 1.05. The lowest BCUT2D eigenvalue weighted by Gasteiger charge is -2.17. The van der Waals surface area contributed by atoms with Crippen molar-refractivity contribution in [3.05, 3.63) is 72.8 Å². The number of benzene rings is 2. The van der Waals surface area contributed by atoms with Crippen molar-refractivity contribution in [3.8, 4) is 0 Å². The Labute approximate surface area is 175 Å². The molecule has 1 atom stereocenters. The smallest absolute Gasteiger partial charge is 0.407 e. The highest BCUT2D eigenvalue weighted by atomic mass is 32.2. The lowest BCUT2D eigenvalue weighted by atomic mass is 10.2. The Kier molecular flexibility index (Phi) is 6.86. The molecular weight excluding hydrogens is 406 g/mol. The van der Waals surface area contributed by atoms with Crippen LogP contribution in [0.1, 0.15) is 12.0 Å². The molecule has 9 heteroatoms. The number of hydrogen-bond acceptors (Lipinski definition) is 5. The molecule has 30 heavy (non-hydrogen) atoms. The van der Waals surface area contributed by atoms with Crippen LogP contribution in [-0.4, -0.2) is 43.9 Å². The van der Waals surface area contributed by atoms with Gasteiger partial charge in [0.25, 0.3) is 0 Å². The van der Waals surface area contributed by atoms with Crippen molar-refractivity contribution in [1.29, 1.82) is 0 Å². The molecule has 158 valence electrons. The van der Waals surface area contributed by atoms with Crippen molar-refractivity contribution >= 4 is 27.7 Å². The normalized spacial score (nSPS) is 16.6. The average molecular weight is 429 g/mol. The fourth-order valence-electron chi connectivity index (χ4n) is 3.05. The SMILES string of the molecule is C=CC(=O)Nc1ccc(S(=O)(=O)N2CCC(NC(=O)OCc3ccccc3)C2)cc1. The first-order valence-corrected chi connectivity index (χ1v) is 10.8. The minimum absolute atomic E-state index is 0.117. The van der Waals surface area contributed by atoms with Crippen LogP contribution < -0.4 is 10.6 Å². The summed E-state index contributed by atoms with van der Waals surface area (Å²) in [6.45, 7) is 3.97. The predicted octanol–water partition coefficient (Wildman–Crippen LogP) is 2.50. The van der Waals surface area contributed by atoms with Crippen molar-refractivity contribution in [2.24, 2.45) is 0 Å². The van der Waals surface area contributed by atoms with E-state index in [1.54, 1.807) is 0 Å². The molecule has 0 aromatic heterocycles. The van der Waals surface area contributed by atoms with Crippen LogP contribution >= 0.6 is 0 Å². The van der Waals surface area contributed by atoms with Crippen LogP contribution in [0.15, 0.2) is 72.1 Å². The van der Waals surface area contributed by atoms with E-state index in [-0.39, 0.29) is 30.0 Å². The molecule has 8 nitrogen and oxygen atoms in total. The van der Waals surface area contributed by atoms with Gasteiger partial charge in [-0.25, -0.2) is 13.2 Å². The van der Waals surface area contributed by atoms with Gasteiger partial charge in [0.2, 0.25) is 15.9 Å². The fraction of sp³-hybridized carbons (Fsp3) is 0.238. The number of rotatable bonds is 7. The number of carbonyl (C=O) groups is 2. The summed E-state index contributed by atoms with van der Waals surface area (Å²) >= 11 is 0. The number of amides is 2. The van der Waals surface area contributed by atoms with Crippen LogP contribution in [-0.2, 0) is 26.2 Å². The minimum Gasteiger partial charge on any atom is -0.445 e. The largest absolute Gasteiger partial charge is 0.445 e. The molecule has 3 rings (SSSR count). The first-order chi connectivity index (χ1) is 14.4. The molecular formula is C21H23N3O5S. The van der Waals surface area contributed by atoms with E-state index in [0.717, 1.165) is 11.6 Å². The van der Waals surface area contributed by atoms with Crippen molar-refractivity contribution in [3.63, 3.8) is 0 Å². The van der Waals surface area contributed by atoms with E-state index in [1.165, 1.54) is 28.6 Å². The molecule has 1 unspecified atom stereocenters.